The van der Waals surface area contributed by atoms with Gasteiger partial charge in [0.2, 0.25) is 5.91 Å². The molecule has 1 N–H and O–H groups in total. The van der Waals surface area contributed by atoms with Crippen molar-refractivity contribution >= 4 is 49.0 Å². The molecule has 20 heavy (non-hydrogen) atoms. The molecule has 1 fully saturated rings. The van der Waals surface area contributed by atoms with Gasteiger partial charge >= 0.3 is 0 Å². The molecule has 1 aromatic carbocycles. The maximum absolute atomic E-state index is 13.1. The number of sulfone groups is 1. The van der Waals surface area contributed by atoms with Gasteiger partial charge in [-0.25, -0.2) is 12.8 Å². The number of hydrogen-bond donors (Lipinski definition) is 1. The van der Waals surface area contributed by atoms with Gasteiger partial charge in [0, 0.05) is 10.9 Å². The highest BCUT2D eigenvalue weighted by atomic mass is 79.9. The van der Waals surface area contributed by atoms with Crippen molar-refractivity contribution < 1.29 is 17.6 Å². The minimum Gasteiger partial charge on any atom is -0.324 e. The fraction of sp³-hybridized carbons (Fsp3) is 0.417. The molecule has 4 nitrogen and oxygen atoms in total. The van der Waals surface area contributed by atoms with Crippen molar-refractivity contribution in [2.45, 2.75) is 12.8 Å². The third kappa shape index (κ3) is 3.93. The van der Waals surface area contributed by atoms with Crippen LogP contribution >= 0.6 is 27.5 Å². The van der Waals surface area contributed by atoms with Gasteiger partial charge in [-0.3, -0.25) is 4.79 Å². The Morgan fingerprint density at radius 3 is 2.75 bits per heavy atom. The van der Waals surface area contributed by atoms with Gasteiger partial charge < -0.3 is 5.32 Å². The Labute approximate surface area is 129 Å². The van der Waals surface area contributed by atoms with Crippen LogP contribution in [-0.4, -0.2) is 25.8 Å². The minimum atomic E-state index is -3.00. The van der Waals surface area contributed by atoms with Crippen LogP contribution in [0, 0.1) is 11.7 Å². The summed E-state index contributed by atoms with van der Waals surface area (Å²) in [5.41, 5.74) is 0.291. The van der Waals surface area contributed by atoms with Crippen LogP contribution in [0.25, 0.3) is 0 Å². The number of rotatable bonds is 3. The third-order valence-electron chi connectivity index (χ3n) is 3.07. The Morgan fingerprint density at radius 1 is 1.50 bits per heavy atom. The van der Waals surface area contributed by atoms with Crippen molar-refractivity contribution in [3.8, 4) is 0 Å². The van der Waals surface area contributed by atoms with Gasteiger partial charge in [0.15, 0.2) is 9.84 Å². The molecule has 2 rings (SSSR count). The molecular formula is C12H12BrClFNO3S. The number of hydrogen-bond acceptors (Lipinski definition) is 3. The number of carbonyl (C=O) groups excluding carboxylic acids is 1. The lowest BCUT2D eigenvalue weighted by Crippen LogP contribution is -2.18. The molecule has 0 bridgehead atoms. The second kappa shape index (κ2) is 5.99. The molecule has 1 aromatic rings. The standard InChI is InChI=1S/C12H12BrClFNO3S/c13-9-4-8(15)5-10(14)12(9)16-11(17)3-7-1-2-20(18,19)6-7/h4-5,7H,1-3,6H2,(H,16,17). The van der Waals surface area contributed by atoms with Gasteiger partial charge in [-0.1, -0.05) is 11.6 Å². The normalized spacial score (nSPS) is 20.9. The second-order valence-electron chi connectivity index (χ2n) is 4.77. The van der Waals surface area contributed by atoms with Crippen molar-refractivity contribution in [2.24, 2.45) is 5.92 Å². The Kier molecular flexibility index (Phi) is 4.71. The van der Waals surface area contributed by atoms with Crippen molar-refractivity contribution in [1.82, 2.24) is 0 Å². The Balaban J connectivity index is 2.02. The van der Waals surface area contributed by atoms with Gasteiger partial charge in [0.1, 0.15) is 5.82 Å². The number of amides is 1. The fourth-order valence-corrected chi connectivity index (χ4v) is 4.91. The molecule has 1 saturated heterocycles. The lowest BCUT2D eigenvalue weighted by atomic mass is 10.1. The summed E-state index contributed by atoms with van der Waals surface area (Å²) in [5, 5.41) is 2.67. The molecular weight excluding hydrogens is 373 g/mol. The van der Waals surface area contributed by atoms with Crippen LogP contribution in [0.5, 0.6) is 0 Å². The highest BCUT2D eigenvalue weighted by molar-refractivity contribution is 9.10. The van der Waals surface area contributed by atoms with Crippen molar-refractivity contribution in [3.63, 3.8) is 0 Å². The van der Waals surface area contributed by atoms with Crippen LogP contribution in [0.3, 0.4) is 0 Å². The van der Waals surface area contributed by atoms with Gasteiger partial charge in [-0.05, 0) is 40.4 Å². The summed E-state index contributed by atoms with van der Waals surface area (Å²) < 4.78 is 36.1. The van der Waals surface area contributed by atoms with E-state index in [1.165, 1.54) is 6.07 Å². The molecule has 1 heterocycles. The summed E-state index contributed by atoms with van der Waals surface area (Å²) in [6.45, 7) is 0. The summed E-state index contributed by atoms with van der Waals surface area (Å²) in [6, 6.07) is 2.30. The molecule has 8 heteroatoms. The van der Waals surface area contributed by atoms with E-state index in [0.717, 1.165) is 6.07 Å². The molecule has 0 aliphatic carbocycles. The Bertz CT molecular complexity index is 627. The predicted octanol–water partition coefficient (Wildman–Crippen LogP) is 3.00. The van der Waals surface area contributed by atoms with Crippen LogP contribution in [-0.2, 0) is 14.6 Å². The number of nitrogens with one attached hydrogen (secondary N) is 1. The van der Waals surface area contributed by atoms with Crippen LogP contribution in [0.1, 0.15) is 12.8 Å². The van der Waals surface area contributed by atoms with Gasteiger partial charge in [-0.15, -0.1) is 0 Å². The van der Waals surface area contributed by atoms with Gasteiger partial charge in [0.05, 0.1) is 22.2 Å². The first-order valence-corrected chi connectivity index (χ1v) is 8.91. The minimum absolute atomic E-state index is 0.0404. The molecule has 1 atom stereocenters. The van der Waals surface area contributed by atoms with E-state index in [0.29, 0.717) is 16.6 Å². The molecule has 0 aromatic heterocycles. The molecule has 0 spiro atoms. The number of benzene rings is 1. The maximum Gasteiger partial charge on any atom is 0.224 e. The molecule has 1 aliphatic rings. The zero-order valence-corrected chi connectivity index (χ0v) is 13.5. The maximum atomic E-state index is 13.1. The molecule has 1 amide bonds. The van der Waals surface area contributed by atoms with E-state index in [-0.39, 0.29) is 34.8 Å². The van der Waals surface area contributed by atoms with Crippen molar-refractivity contribution in [1.29, 1.82) is 0 Å². The summed E-state index contributed by atoms with van der Waals surface area (Å²) >= 11 is 8.98. The van der Waals surface area contributed by atoms with E-state index in [1.807, 2.05) is 0 Å². The van der Waals surface area contributed by atoms with Gasteiger partial charge in [-0.2, -0.15) is 0 Å². The first kappa shape index (κ1) is 15.7. The lowest BCUT2D eigenvalue weighted by molar-refractivity contribution is -0.116. The Hall–Kier alpha value is -0.660. The van der Waals surface area contributed by atoms with Crippen LogP contribution in [0.15, 0.2) is 16.6 Å². The van der Waals surface area contributed by atoms with Gasteiger partial charge in [0.25, 0.3) is 0 Å². The van der Waals surface area contributed by atoms with E-state index < -0.39 is 15.7 Å². The van der Waals surface area contributed by atoms with E-state index in [1.54, 1.807) is 0 Å². The molecule has 110 valence electrons. The summed E-state index contributed by atoms with van der Waals surface area (Å²) in [6.07, 6.45) is 0.605. The quantitative estimate of drug-likeness (QED) is 0.871. The number of halogens is 3. The average Bonchev–Trinajstić information content (AvgIpc) is 2.63. The molecule has 0 radical (unpaired) electrons. The van der Waals surface area contributed by atoms with Crippen molar-refractivity contribution in [3.05, 3.63) is 27.4 Å². The fourth-order valence-electron chi connectivity index (χ4n) is 2.15. The second-order valence-corrected chi connectivity index (χ2v) is 8.26. The number of anilines is 1. The predicted molar refractivity (Wildman–Crippen MR) is 79.1 cm³/mol. The first-order chi connectivity index (χ1) is 9.27. The molecule has 0 saturated carbocycles. The zero-order valence-electron chi connectivity index (χ0n) is 10.3. The third-order valence-corrected chi connectivity index (χ3v) is 5.83. The smallest absolute Gasteiger partial charge is 0.224 e. The largest absolute Gasteiger partial charge is 0.324 e. The first-order valence-electron chi connectivity index (χ1n) is 5.91. The van der Waals surface area contributed by atoms with E-state index in [2.05, 4.69) is 21.2 Å². The summed E-state index contributed by atoms with van der Waals surface area (Å²) in [4.78, 5) is 11.9. The highest BCUT2D eigenvalue weighted by Gasteiger charge is 2.29. The zero-order chi connectivity index (χ0) is 14.9. The van der Waals surface area contributed by atoms with Crippen LogP contribution < -0.4 is 5.32 Å². The van der Waals surface area contributed by atoms with E-state index >= 15 is 0 Å². The number of carbonyl (C=O) groups is 1. The van der Waals surface area contributed by atoms with Crippen LogP contribution in [0.4, 0.5) is 10.1 Å². The van der Waals surface area contributed by atoms with E-state index in [9.17, 15) is 17.6 Å². The summed E-state index contributed by atoms with van der Waals surface area (Å²) in [7, 11) is -3.00. The van der Waals surface area contributed by atoms with E-state index in [4.69, 9.17) is 11.6 Å². The highest BCUT2D eigenvalue weighted by Crippen LogP contribution is 2.32. The lowest BCUT2D eigenvalue weighted by Gasteiger charge is -2.11. The Morgan fingerprint density at radius 2 is 2.20 bits per heavy atom. The monoisotopic (exact) mass is 383 g/mol. The van der Waals surface area contributed by atoms with Crippen molar-refractivity contribution in [2.75, 3.05) is 16.8 Å². The molecule has 1 unspecified atom stereocenters. The molecule has 1 aliphatic heterocycles. The topological polar surface area (TPSA) is 63.2 Å². The van der Waals surface area contributed by atoms with Crippen LogP contribution in [0.2, 0.25) is 5.02 Å². The average molecular weight is 385 g/mol. The SMILES string of the molecule is O=C(CC1CCS(=O)(=O)C1)Nc1c(Cl)cc(F)cc1Br. The summed E-state index contributed by atoms with van der Waals surface area (Å²) in [5.74, 6) is -0.842.